The van der Waals surface area contributed by atoms with Crippen LogP contribution in [-0.2, 0) is 0 Å². The van der Waals surface area contributed by atoms with Crippen molar-refractivity contribution in [2.45, 2.75) is 0 Å². The monoisotopic (exact) mass is 587 g/mol. The summed E-state index contributed by atoms with van der Waals surface area (Å²) in [5, 5.41) is 36.3. The summed E-state index contributed by atoms with van der Waals surface area (Å²) in [6, 6.07) is 17.8. The highest BCUT2D eigenvalue weighted by molar-refractivity contribution is 7.30. The molecule has 6 N–H and O–H groups in total. The van der Waals surface area contributed by atoms with Gasteiger partial charge in [0.25, 0.3) is 0 Å². The van der Waals surface area contributed by atoms with E-state index in [-0.39, 0.29) is 23.5 Å². The molecule has 0 saturated heterocycles. The quantitative estimate of drug-likeness (QED) is 0.145. The molecule has 5 rings (SSSR count). The molecular formula is C23H18ClN7O4S3. The summed E-state index contributed by atoms with van der Waals surface area (Å²) in [7, 11) is 0. The van der Waals surface area contributed by atoms with Crippen molar-refractivity contribution in [2.75, 3.05) is 11.5 Å². The number of fused-ring (bicyclic) bond motifs is 1. The Hall–Kier alpha value is -4.24. The zero-order chi connectivity index (χ0) is 26.4. The molecule has 0 saturated carbocycles. The number of rotatable bonds is 6. The fraction of sp³-hybridized carbons (Fsp3) is 0. The van der Waals surface area contributed by atoms with Crippen LogP contribution >= 0.6 is 46.4 Å². The highest BCUT2D eigenvalue weighted by Crippen LogP contribution is 2.36. The van der Waals surface area contributed by atoms with Gasteiger partial charge in [-0.05, 0) is 66.7 Å². The molecule has 0 radical (unpaired) electrons. The molecule has 5 aromatic rings. The number of aromatic nitrogens is 1. The molecule has 0 aliphatic carbocycles. The molecule has 3 aromatic heterocycles. The molecule has 0 unspecified atom stereocenters. The van der Waals surface area contributed by atoms with Crippen LogP contribution in [0.15, 0.2) is 87.2 Å². The lowest BCUT2D eigenvalue weighted by molar-refractivity contribution is 0.0686. The third-order valence-corrected chi connectivity index (χ3v) is 7.13. The fourth-order valence-electron chi connectivity index (χ4n) is 2.74. The Labute approximate surface area is 233 Å². The molecule has 11 nitrogen and oxygen atoms in total. The van der Waals surface area contributed by atoms with Crippen molar-refractivity contribution in [1.82, 2.24) is 4.98 Å². The number of halogens is 1. The van der Waals surface area contributed by atoms with Crippen LogP contribution in [0.2, 0.25) is 0 Å². The van der Waals surface area contributed by atoms with E-state index in [9.17, 15) is 9.59 Å². The van der Waals surface area contributed by atoms with Crippen molar-refractivity contribution in [3.63, 3.8) is 0 Å². The zero-order valence-electron chi connectivity index (χ0n) is 19.1. The largest absolute Gasteiger partial charge is 0.478 e. The predicted octanol–water partition coefficient (Wildman–Crippen LogP) is 7.92. The second-order valence-electron chi connectivity index (χ2n) is 7.09. The molecule has 0 aliphatic rings. The third-order valence-electron chi connectivity index (χ3n) is 4.46. The van der Waals surface area contributed by atoms with Crippen LogP contribution < -0.4 is 11.5 Å². The number of thiazole rings is 1. The molecule has 0 spiro atoms. The molecule has 15 heteroatoms. The molecule has 0 bridgehead atoms. The molecule has 2 aromatic carbocycles. The Bertz CT molecular complexity index is 1580. The van der Waals surface area contributed by atoms with Crippen molar-refractivity contribution in [3.8, 4) is 0 Å². The first-order valence-corrected chi connectivity index (χ1v) is 12.7. The number of hydrogen-bond acceptors (Lipinski definition) is 12. The second kappa shape index (κ2) is 12.8. The molecule has 3 heterocycles. The van der Waals surface area contributed by atoms with Gasteiger partial charge in [0.1, 0.15) is 14.8 Å². The van der Waals surface area contributed by atoms with E-state index in [1.165, 1.54) is 58.3 Å². The van der Waals surface area contributed by atoms with Gasteiger partial charge in [0.15, 0.2) is 5.13 Å². The Morgan fingerprint density at radius 2 is 1.21 bits per heavy atom. The number of benzene rings is 2. The lowest BCUT2D eigenvalue weighted by Crippen LogP contribution is -1.93. The van der Waals surface area contributed by atoms with Crippen LogP contribution in [0.1, 0.15) is 20.7 Å². The number of hydrogen-bond donors (Lipinski definition) is 4. The highest BCUT2D eigenvalue weighted by atomic mass is 35.5. The topological polar surface area (TPSA) is 189 Å². The zero-order valence-corrected chi connectivity index (χ0v) is 22.4. The maximum atomic E-state index is 10.7. The number of nitrogen functional groups attached to an aromatic ring is 2. The maximum Gasteiger partial charge on any atom is 0.335 e. The number of carboxylic acid groups (broad SMARTS) is 2. The van der Waals surface area contributed by atoms with E-state index in [0.717, 1.165) is 14.5 Å². The minimum Gasteiger partial charge on any atom is -0.478 e. The number of nitrogens with zero attached hydrogens (tertiary/aromatic N) is 5. The lowest BCUT2D eigenvalue weighted by Gasteiger charge is -1.94. The van der Waals surface area contributed by atoms with Crippen molar-refractivity contribution in [2.24, 2.45) is 20.5 Å². The van der Waals surface area contributed by atoms with Gasteiger partial charge in [-0.1, -0.05) is 34.0 Å². The summed E-state index contributed by atoms with van der Waals surface area (Å²) in [6.07, 6.45) is 0. The lowest BCUT2D eigenvalue weighted by atomic mass is 10.2. The first kappa shape index (κ1) is 28.3. The van der Waals surface area contributed by atoms with Gasteiger partial charge in [-0.3, -0.25) is 0 Å². The van der Waals surface area contributed by atoms with Gasteiger partial charge in [-0.15, -0.1) is 32.9 Å². The number of anilines is 2. The first-order valence-electron chi connectivity index (χ1n) is 10.3. The average Bonchev–Trinajstić information content (AvgIpc) is 3.56. The van der Waals surface area contributed by atoms with Gasteiger partial charge in [0, 0.05) is 0 Å². The number of carbonyl (C=O) groups is 2. The van der Waals surface area contributed by atoms with Gasteiger partial charge < -0.3 is 21.7 Å². The van der Waals surface area contributed by atoms with E-state index in [0.29, 0.717) is 26.5 Å². The highest BCUT2D eigenvalue weighted by Gasteiger charge is 2.06. The van der Waals surface area contributed by atoms with Crippen molar-refractivity contribution in [1.29, 1.82) is 0 Å². The van der Waals surface area contributed by atoms with Crippen LogP contribution in [0.25, 0.3) is 9.53 Å². The minimum atomic E-state index is -0.962. The summed E-state index contributed by atoms with van der Waals surface area (Å²) >= 11 is 4.16. The van der Waals surface area contributed by atoms with E-state index in [2.05, 4.69) is 25.4 Å². The molecule has 0 amide bonds. The summed E-state index contributed by atoms with van der Waals surface area (Å²) < 4.78 is 0.989. The summed E-state index contributed by atoms with van der Waals surface area (Å²) in [6.45, 7) is 0. The first-order chi connectivity index (χ1) is 17.8. The summed E-state index contributed by atoms with van der Waals surface area (Å²) in [5.41, 5.74) is 12.8. The molecule has 38 heavy (non-hydrogen) atoms. The normalized spacial score (nSPS) is 10.8. The number of carboxylic acids is 2. The summed E-state index contributed by atoms with van der Waals surface area (Å²) in [5.74, 6) is -1.92. The Kier molecular flexibility index (Phi) is 9.56. The smallest absolute Gasteiger partial charge is 0.335 e. The van der Waals surface area contributed by atoms with Crippen molar-refractivity contribution >= 4 is 99.4 Å². The van der Waals surface area contributed by atoms with Crippen molar-refractivity contribution in [3.05, 3.63) is 77.9 Å². The summed E-state index contributed by atoms with van der Waals surface area (Å²) in [4.78, 5) is 26.4. The Balaban J connectivity index is 0.000000208. The number of aromatic carboxylic acids is 2. The van der Waals surface area contributed by atoms with Gasteiger partial charge in [0.2, 0.25) is 0 Å². The molecular weight excluding hydrogens is 570 g/mol. The second-order valence-corrected chi connectivity index (χ2v) is 10.3. The maximum absolute atomic E-state index is 10.7. The Morgan fingerprint density at radius 3 is 1.66 bits per heavy atom. The van der Waals surface area contributed by atoms with Gasteiger partial charge in [-0.25, -0.2) is 14.6 Å². The third kappa shape index (κ3) is 7.63. The van der Waals surface area contributed by atoms with Gasteiger partial charge >= 0.3 is 11.9 Å². The molecule has 0 fully saturated rings. The predicted molar refractivity (Wildman–Crippen MR) is 153 cm³/mol. The van der Waals surface area contributed by atoms with Crippen LogP contribution in [0.3, 0.4) is 0 Å². The average molecular weight is 588 g/mol. The molecule has 0 atom stereocenters. The van der Waals surface area contributed by atoms with E-state index < -0.39 is 11.9 Å². The fourth-order valence-corrected chi connectivity index (χ4v) is 5.14. The molecule has 194 valence electrons. The Morgan fingerprint density at radius 1 is 0.684 bits per heavy atom. The van der Waals surface area contributed by atoms with Crippen LogP contribution in [0.4, 0.5) is 31.5 Å². The SMILES string of the molecule is Cl.Nc1ccc(N=Nc2ccc(C(=O)O)cc2)s1.Nc1nc2sc(N=Nc3ccc(C(=O)O)cc3)cc2s1. The number of azo groups is 2. The number of nitrogens with two attached hydrogens (primary N) is 2. The van der Waals surface area contributed by atoms with E-state index in [4.69, 9.17) is 21.7 Å². The minimum absolute atomic E-state index is 0. The standard InChI is InChI=1S/C12H8N4O2S2.C11H9N3O2S.ClH/c13-12-14-10-8(19-12)5-9(20-10)16-15-7-3-1-6(2-4-7)11(17)18;12-9-5-6-10(17-9)14-13-8-3-1-7(2-4-8)11(15)16;/h1-5H,(H2,13,14)(H,17,18);1-6H,12H2,(H,15,16);1H. The molecule has 0 aliphatic heterocycles. The van der Waals surface area contributed by atoms with Crippen LogP contribution in [-0.4, -0.2) is 27.1 Å². The van der Waals surface area contributed by atoms with Crippen LogP contribution in [0.5, 0.6) is 0 Å². The van der Waals surface area contributed by atoms with E-state index in [1.807, 2.05) is 6.07 Å². The van der Waals surface area contributed by atoms with E-state index in [1.54, 1.807) is 36.4 Å². The van der Waals surface area contributed by atoms with Gasteiger partial charge in [-0.2, -0.15) is 0 Å². The van der Waals surface area contributed by atoms with Crippen LogP contribution in [0, 0.1) is 0 Å². The number of thiophene rings is 2. The van der Waals surface area contributed by atoms with Crippen molar-refractivity contribution < 1.29 is 19.8 Å². The van der Waals surface area contributed by atoms with E-state index >= 15 is 0 Å². The van der Waals surface area contributed by atoms with Gasteiger partial charge in [0.05, 0.1) is 32.2 Å².